The molecule has 1 saturated heterocycles. The number of hydrogen-bond donors (Lipinski definition) is 2. The van der Waals surface area contributed by atoms with Gasteiger partial charge in [-0.3, -0.25) is 24.1 Å². The van der Waals surface area contributed by atoms with Crippen LogP contribution < -0.4 is 10.6 Å². The van der Waals surface area contributed by atoms with Crippen LogP contribution in [0, 0.1) is 5.92 Å². The van der Waals surface area contributed by atoms with Crippen molar-refractivity contribution in [1.29, 1.82) is 0 Å². The number of ketones is 1. The van der Waals surface area contributed by atoms with Crippen molar-refractivity contribution in [2.24, 2.45) is 5.92 Å². The SMILES string of the molecule is CC(=O)c1ccccc1NC(=O)COC(=O)CN1C(=O)NC2(CCC(C)CC2)C1=O. The maximum absolute atomic E-state index is 12.7. The van der Waals surface area contributed by atoms with Gasteiger partial charge in [0, 0.05) is 5.56 Å². The molecule has 30 heavy (non-hydrogen) atoms. The Labute approximate surface area is 174 Å². The van der Waals surface area contributed by atoms with Gasteiger partial charge in [0.1, 0.15) is 12.1 Å². The van der Waals surface area contributed by atoms with E-state index in [4.69, 9.17) is 4.74 Å². The normalized spacial score (nSPS) is 23.3. The summed E-state index contributed by atoms with van der Waals surface area (Å²) >= 11 is 0. The molecule has 160 valence electrons. The minimum atomic E-state index is -0.933. The summed E-state index contributed by atoms with van der Waals surface area (Å²) in [6.07, 6.45) is 2.74. The molecule has 1 spiro atoms. The zero-order valence-electron chi connectivity index (χ0n) is 17.0. The molecule has 1 aliphatic heterocycles. The van der Waals surface area contributed by atoms with Gasteiger partial charge in [0.15, 0.2) is 12.4 Å². The summed E-state index contributed by atoms with van der Waals surface area (Å²) in [6, 6.07) is 5.85. The number of urea groups is 1. The van der Waals surface area contributed by atoms with Gasteiger partial charge >= 0.3 is 12.0 Å². The molecule has 2 aliphatic rings. The summed E-state index contributed by atoms with van der Waals surface area (Å²) < 4.78 is 4.92. The van der Waals surface area contributed by atoms with E-state index in [0.717, 1.165) is 17.7 Å². The van der Waals surface area contributed by atoms with Crippen molar-refractivity contribution in [3.63, 3.8) is 0 Å². The average molecular weight is 415 g/mol. The molecule has 4 amide bonds. The zero-order chi connectivity index (χ0) is 21.9. The third-order valence-corrected chi connectivity index (χ3v) is 5.61. The Morgan fingerprint density at radius 2 is 1.87 bits per heavy atom. The molecule has 0 bridgehead atoms. The number of carbonyl (C=O) groups excluding carboxylic acids is 5. The Hall–Kier alpha value is -3.23. The summed E-state index contributed by atoms with van der Waals surface area (Å²) in [5, 5.41) is 5.24. The number of Topliss-reactive ketones (excluding diaryl/α,β-unsaturated/α-hetero) is 1. The fraction of sp³-hybridized carbons (Fsp3) is 0.476. The first-order valence-corrected chi connectivity index (χ1v) is 9.91. The van der Waals surface area contributed by atoms with E-state index in [1.54, 1.807) is 24.3 Å². The Bertz CT molecular complexity index is 888. The van der Waals surface area contributed by atoms with Crippen LogP contribution in [0.1, 0.15) is 49.9 Å². The van der Waals surface area contributed by atoms with E-state index in [1.165, 1.54) is 6.92 Å². The largest absolute Gasteiger partial charge is 0.454 e. The number of ether oxygens (including phenoxy) is 1. The maximum atomic E-state index is 12.7. The molecule has 2 fully saturated rings. The third kappa shape index (κ3) is 4.50. The highest BCUT2D eigenvalue weighted by molar-refractivity contribution is 6.09. The molecule has 0 unspecified atom stereocenters. The summed E-state index contributed by atoms with van der Waals surface area (Å²) in [7, 11) is 0. The first kappa shape index (κ1) is 21.5. The minimum absolute atomic E-state index is 0.215. The lowest BCUT2D eigenvalue weighted by atomic mass is 9.77. The third-order valence-electron chi connectivity index (χ3n) is 5.61. The van der Waals surface area contributed by atoms with Crippen LogP contribution in [0.15, 0.2) is 24.3 Å². The standard InChI is InChI=1S/C21H25N3O6/c1-13-7-9-21(10-8-13)19(28)24(20(29)23-21)11-18(27)30-12-17(26)22-16-6-4-3-5-15(16)14(2)25/h3-6,13H,7-12H2,1-2H3,(H,22,26)(H,23,29). The van der Waals surface area contributed by atoms with Gasteiger partial charge in [-0.25, -0.2) is 4.79 Å². The van der Waals surface area contributed by atoms with Crippen molar-refractivity contribution in [3.8, 4) is 0 Å². The van der Waals surface area contributed by atoms with Crippen LogP contribution in [-0.2, 0) is 19.1 Å². The van der Waals surface area contributed by atoms with Gasteiger partial charge in [-0.05, 0) is 50.7 Å². The second-order valence-corrected chi connectivity index (χ2v) is 7.90. The van der Waals surface area contributed by atoms with Gasteiger partial charge in [0.2, 0.25) is 0 Å². The second-order valence-electron chi connectivity index (χ2n) is 7.90. The number of rotatable bonds is 6. The van der Waals surface area contributed by atoms with Crippen molar-refractivity contribution in [2.45, 2.75) is 45.1 Å². The lowest BCUT2D eigenvalue weighted by Gasteiger charge is -2.33. The first-order chi connectivity index (χ1) is 14.2. The topological polar surface area (TPSA) is 122 Å². The molecule has 0 radical (unpaired) electrons. The number of hydrogen-bond acceptors (Lipinski definition) is 6. The minimum Gasteiger partial charge on any atom is -0.454 e. The van der Waals surface area contributed by atoms with Crippen molar-refractivity contribution in [3.05, 3.63) is 29.8 Å². The predicted molar refractivity (Wildman–Crippen MR) is 107 cm³/mol. The molecule has 1 heterocycles. The van der Waals surface area contributed by atoms with Gasteiger partial charge < -0.3 is 15.4 Å². The van der Waals surface area contributed by atoms with Crippen molar-refractivity contribution >= 4 is 35.3 Å². The summed E-state index contributed by atoms with van der Waals surface area (Å²) in [4.78, 5) is 61.6. The molecular weight excluding hydrogens is 390 g/mol. The number of anilines is 1. The molecule has 1 aromatic carbocycles. The number of esters is 1. The molecule has 1 aliphatic carbocycles. The number of imide groups is 1. The van der Waals surface area contributed by atoms with E-state index in [-0.39, 0.29) is 5.78 Å². The molecule has 1 aromatic rings. The van der Waals surface area contributed by atoms with E-state index >= 15 is 0 Å². The van der Waals surface area contributed by atoms with Crippen LogP contribution in [0.4, 0.5) is 10.5 Å². The molecule has 9 nitrogen and oxygen atoms in total. The van der Waals surface area contributed by atoms with E-state index in [1.807, 2.05) is 0 Å². The van der Waals surface area contributed by atoms with Crippen LogP contribution in [0.25, 0.3) is 0 Å². The highest BCUT2D eigenvalue weighted by Gasteiger charge is 2.52. The number of nitrogens with one attached hydrogen (secondary N) is 2. The molecule has 2 N–H and O–H groups in total. The van der Waals surface area contributed by atoms with E-state index < -0.39 is 42.5 Å². The average Bonchev–Trinajstić information content (AvgIpc) is 2.93. The summed E-state index contributed by atoms with van der Waals surface area (Å²) in [5.74, 6) is -1.64. The van der Waals surface area contributed by atoms with Gasteiger partial charge in [-0.2, -0.15) is 0 Å². The summed E-state index contributed by atoms with van der Waals surface area (Å²) in [6.45, 7) is 2.32. The van der Waals surface area contributed by atoms with Crippen molar-refractivity contribution in [1.82, 2.24) is 10.2 Å². The summed E-state index contributed by atoms with van der Waals surface area (Å²) in [5.41, 5.74) is -0.283. The van der Waals surface area contributed by atoms with Crippen LogP contribution in [0.2, 0.25) is 0 Å². The van der Waals surface area contributed by atoms with Crippen molar-refractivity contribution in [2.75, 3.05) is 18.5 Å². The smallest absolute Gasteiger partial charge is 0.326 e. The van der Waals surface area contributed by atoms with Crippen molar-refractivity contribution < 1.29 is 28.7 Å². The van der Waals surface area contributed by atoms with Gasteiger partial charge in [0.05, 0.1) is 5.69 Å². The van der Waals surface area contributed by atoms with Gasteiger partial charge in [0.25, 0.3) is 11.8 Å². The molecule has 9 heteroatoms. The predicted octanol–water partition coefficient (Wildman–Crippen LogP) is 1.87. The Morgan fingerprint density at radius 1 is 1.20 bits per heavy atom. The van der Waals surface area contributed by atoms with Crippen LogP contribution in [-0.4, -0.2) is 53.2 Å². The number of nitrogens with zero attached hydrogens (tertiary/aromatic N) is 1. The van der Waals surface area contributed by atoms with Crippen LogP contribution >= 0.6 is 0 Å². The first-order valence-electron chi connectivity index (χ1n) is 9.91. The fourth-order valence-electron chi connectivity index (χ4n) is 3.82. The Morgan fingerprint density at radius 3 is 2.53 bits per heavy atom. The molecular formula is C21H25N3O6. The lowest BCUT2D eigenvalue weighted by molar-refractivity contribution is -0.150. The van der Waals surface area contributed by atoms with E-state index in [0.29, 0.717) is 30.0 Å². The quantitative estimate of drug-likeness (QED) is 0.416. The lowest BCUT2D eigenvalue weighted by Crippen LogP contribution is -2.49. The molecule has 0 aromatic heterocycles. The fourth-order valence-corrected chi connectivity index (χ4v) is 3.82. The van der Waals surface area contributed by atoms with Crippen LogP contribution in [0.5, 0.6) is 0 Å². The number of amides is 4. The molecule has 1 saturated carbocycles. The Balaban J connectivity index is 1.52. The zero-order valence-corrected chi connectivity index (χ0v) is 17.0. The second kappa shape index (κ2) is 8.64. The molecule has 3 rings (SSSR count). The monoisotopic (exact) mass is 415 g/mol. The number of para-hydroxylation sites is 1. The van der Waals surface area contributed by atoms with Gasteiger partial charge in [-0.15, -0.1) is 0 Å². The van der Waals surface area contributed by atoms with E-state index in [2.05, 4.69) is 17.6 Å². The van der Waals surface area contributed by atoms with E-state index in [9.17, 15) is 24.0 Å². The highest BCUT2D eigenvalue weighted by atomic mass is 16.5. The number of carbonyl (C=O) groups is 5. The molecule has 0 atom stereocenters. The van der Waals surface area contributed by atoms with Gasteiger partial charge in [-0.1, -0.05) is 19.1 Å². The number of benzene rings is 1. The maximum Gasteiger partial charge on any atom is 0.326 e. The highest BCUT2D eigenvalue weighted by Crippen LogP contribution is 2.36. The van der Waals surface area contributed by atoms with Crippen LogP contribution in [0.3, 0.4) is 0 Å². The Kier molecular flexibility index (Phi) is 6.19.